The molecule has 0 saturated carbocycles. The van der Waals surface area contributed by atoms with Gasteiger partial charge in [-0.05, 0) is 30.7 Å². The molecule has 2 aromatic carbocycles. The number of aryl methyl sites for hydroxylation is 1. The topological polar surface area (TPSA) is 68.8 Å². The first kappa shape index (κ1) is 19.0. The van der Waals surface area contributed by atoms with Crippen LogP contribution in [-0.2, 0) is 0 Å². The number of hydrogen-bond donors (Lipinski definition) is 2. The third-order valence-corrected chi connectivity index (χ3v) is 3.50. The van der Waals surface area contributed by atoms with E-state index in [0.717, 1.165) is 11.3 Å². The number of anilines is 1. The normalized spacial score (nSPS) is 9.50. The molecule has 0 aliphatic rings. The van der Waals surface area contributed by atoms with Gasteiger partial charge < -0.3 is 24.8 Å². The van der Waals surface area contributed by atoms with Crippen molar-refractivity contribution in [3.8, 4) is 29.1 Å². The largest absolute Gasteiger partial charge is 0.493 e. The third-order valence-electron chi connectivity index (χ3n) is 3.50. The van der Waals surface area contributed by atoms with Crippen LogP contribution < -0.4 is 24.8 Å². The van der Waals surface area contributed by atoms with Crippen molar-refractivity contribution < 1.29 is 19.0 Å². The van der Waals surface area contributed by atoms with Crippen LogP contribution in [0.25, 0.3) is 0 Å². The summed E-state index contributed by atoms with van der Waals surface area (Å²) in [4.78, 5) is 11.9. The van der Waals surface area contributed by atoms with Gasteiger partial charge in [0.15, 0.2) is 11.5 Å². The van der Waals surface area contributed by atoms with Gasteiger partial charge in [-0.1, -0.05) is 30.0 Å². The maximum Gasteiger partial charge on any atom is 0.319 e. The quantitative estimate of drug-likeness (QED) is 0.782. The van der Waals surface area contributed by atoms with Crippen molar-refractivity contribution in [2.75, 3.05) is 32.7 Å². The van der Waals surface area contributed by atoms with Gasteiger partial charge in [0, 0.05) is 11.8 Å². The van der Waals surface area contributed by atoms with Crippen LogP contribution in [0, 0.1) is 18.8 Å². The van der Waals surface area contributed by atoms with Gasteiger partial charge in [0.1, 0.15) is 12.4 Å². The molecule has 26 heavy (non-hydrogen) atoms. The van der Waals surface area contributed by atoms with E-state index in [9.17, 15) is 4.79 Å². The Morgan fingerprint density at radius 3 is 2.50 bits per heavy atom. The van der Waals surface area contributed by atoms with Crippen LogP contribution >= 0.6 is 0 Å². The lowest BCUT2D eigenvalue weighted by Crippen LogP contribution is -2.28. The molecule has 136 valence electrons. The number of amides is 2. The van der Waals surface area contributed by atoms with Gasteiger partial charge in [0.2, 0.25) is 0 Å². The van der Waals surface area contributed by atoms with E-state index in [1.165, 1.54) is 7.11 Å². The molecule has 6 nitrogen and oxygen atoms in total. The number of rotatable bonds is 6. The Morgan fingerprint density at radius 1 is 1.00 bits per heavy atom. The molecule has 0 bridgehead atoms. The second kappa shape index (κ2) is 9.84. The molecule has 0 unspecified atom stereocenters. The van der Waals surface area contributed by atoms with Crippen molar-refractivity contribution in [3.63, 3.8) is 0 Å². The van der Waals surface area contributed by atoms with Crippen LogP contribution in [0.3, 0.4) is 0 Å². The average Bonchev–Trinajstić information content (AvgIpc) is 2.65. The Morgan fingerprint density at radius 2 is 1.77 bits per heavy atom. The van der Waals surface area contributed by atoms with E-state index in [0.29, 0.717) is 17.2 Å². The molecule has 0 aromatic heterocycles. The Labute approximate surface area is 153 Å². The van der Waals surface area contributed by atoms with Crippen LogP contribution in [0.15, 0.2) is 42.5 Å². The number of ether oxygens (including phenoxy) is 3. The van der Waals surface area contributed by atoms with Gasteiger partial charge in [-0.3, -0.25) is 0 Å². The minimum absolute atomic E-state index is 0.219. The van der Waals surface area contributed by atoms with Crippen molar-refractivity contribution in [1.29, 1.82) is 0 Å². The van der Waals surface area contributed by atoms with E-state index in [4.69, 9.17) is 14.2 Å². The summed E-state index contributed by atoms with van der Waals surface area (Å²) in [5.41, 5.74) is 1.65. The highest BCUT2D eigenvalue weighted by Gasteiger charge is 2.06. The first-order valence-corrected chi connectivity index (χ1v) is 8.05. The number of para-hydroxylation sites is 1. The third kappa shape index (κ3) is 5.64. The number of carbonyl (C=O) groups is 1. The molecule has 0 radical (unpaired) electrons. The van der Waals surface area contributed by atoms with Gasteiger partial charge in [-0.25, -0.2) is 4.79 Å². The summed E-state index contributed by atoms with van der Waals surface area (Å²) < 4.78 is 15.9. The number of nitrogens with one attached hydrogen (secondary N) is 2. The molecule has 0 spiro atoms. The standard InChI is InChI=1S/C20H22N2O4/c1-15-8-4-5-9-17(15)26-13-7-6-12-21-20(23)22-16-10-11-18(24-2)19(14-16)25-3/h4-5,8-11,14H,12-13H2,1-3H3,(H2,21,22,23). The van der Waals surface area contributed by atoms with Gasteiger partial charge in [-0.2, -0.15) is 0 Å². The lowest BCUT2D eigenvalue weighted by Gasteiger charge is -2.10. The molecular weight excluding hydrogens is 332 g/mol. The lowest BCUT2D eigenvalue weighted by molar-refractivity contribution is 0.253. The van der Waals surface area contributed by atoms with Crippen molar-refractivity contribution >= 4 is 11.7 Å². The molecule has 0 aliphatic carbocycles. The van der Waals surface area contributed by atoms with E-state index >= 15 is 0 Å². The van der Waals surface area contributed by atoms with Crippen LogP contribution in [0.5, 0.6) is 17.2 Å². The summed E-state index contributed by atoms with van der Waals surface area (Å²) in [7, 11) is 3.09. The molecule has 2 aromatic rings. The first-order valence-electron chi connectivity index (χ1n) is 8.05. The van der Waals surface area contributed by atoms with E-state index in [-0.39, 0.29) is 19.2 Å². The van der Waals surface area contributed by atoms with Crippen LogP contribution in [0.1, 0.15) is 5.56 Å². The van der Waals surface area contributed by atoms with Crippen LogP contribution in [0.4, 0.5) is 10.5 Å². The molecule has 0 saturated heterocycles. The zero-order valence-electron chi connectivity index (χ0n) is 15.1. The summed E-state index contributed by atoms with van der Waals surface area (Å²) in [6, 6.07) is 12.5. The Bertz CT molecular complexity index is 809. The number of methoxy groups -OCH3 is 2. The van der Waals surface area contributed by atoms with E-state index in [1.807, 2.05) is 31.2 Å². The summed E-state index contributed by atoms with van der Waals surface area (Å²) >= 11 is 0. The maximum atomic E-state index is 11.9. The predicted molar refractivity (Wildman–Crippen MR) is 101 cm³/mol. The van der Waals surface area contributed by atoms with Crippen molar-refractivity contribution in [3.05, 3.63) is 48.0 Å². The minimum Gasteiger partial charge on any atom is -0.493 e. The Hall–Kier alpha value is -3.33. The molecule has 0 aliphatic heterocycles. The summed E-state index contributed by atoms with van der Waals surface area (Å²) in [5.74, 6) is 7.65. The fraction of sp³-hybridized carbons (Fsp3) is 0.250. The number of benzene rings is 2. The van der Waals surface area contributed by atoms with Gasteiger partial charge in [0.05, 0.1) is 20.8 Å². The second-order valence-corrected chi connectivity index (χ2v) is 5.29. The van der Waals surface area contributed by atoms with Crippen molar-refractivity contribution in [2.24, 2.45) is 0 Å². The minimum atomic E-state index is -0.355. The SMILES string of the molecule is COc1ccc(NC(=O)NCC#CCOc2ccccc2C)cc1OC. The Kier molecular flexibility index (Phi) is 7.19. The molecule has 2 rings (SSSR count). The number of carbonyl (C=O) groups excluding carboxylic acids is 1. The first-order chi connectivity index (χ1) is 12.6. The van der Waals surface area contributed by atoms with Gasteiger partial charge in [-0.15, -0.1) is 0 Å². The van der Waals surface area contributed by atoms with Crippen molar-refractivity contribution in [2.45, 2.75) is 6.92 Å². The fourth-order valence-corrected chi connectivity index (χ4v) is 2.16. The maximum absolute atomic E-state index is 11.9. The second-order valence-electron chi connectivity index (χ2n) is 5.29. The lowest BCUT2D eigenvalue weighted by atomic mass is 10.2. The van der Waals surface area contributed by atoms with Gasteiger partial charge in [0.25, 0.3) is 0 Å². The van der Waals surface area contributed by atoms with E-state index in [2.05, 4.69) is 22.5 Å². The average molecular weight is 354 g/mol. The highest BCUT2D eigenvalue weighted by molar-refractivity contribution is 5.89. The molecule has 6 heteroatoms. The number of urea groups is 1. The van der Waals surface area contributed by atoms with Crippen molar-refractivity contribution in [1.82, 2.24) is 5.32 Å². The van der Waals surface area contributed by atoms with Crippen LogP contribution in [-0.4, -0.2) is 33.4 Å². The molecular formula is C20H22N2O4. The molecule has 2 N–H and O–H groups in total. The zero-order chi connectivity index (χ0) is 18.8. The molecule has 0 fully saturated rings. The highest BCUT2D eigenvalue weighted by atomic mass is 16.5. The monoisotopic (exact) mass is 354 g/mol. The molecule has 2 amide bonds. The summed E-state index contributed by atoms with van der Waals surface area (Å²) in [6.45, 7) is 2.46. The zero-order valence-corrected chi connectivity index (χ0v) is 15.1. The molecule has 0 atom stereocenters. The summed E-state index contributed by atoms with van der Waals surface area (Å²) in [6.07, 6.45) is 0. The van der Waals surface area contributed by atoms with E-state index < -0.39 is 0 Å². The van der Waals surface area contributed by atoms with Crippen LogP contribution in [0.2, 0.25) is 0 Å². The smallest absolute Gasteiger partial charge is 0.319 e. The summed E-state index contributed by atoms with van der Waals surface area (Å²) in [5, 5.41) is 5.36. The molecule has 0 heterocycles. The predicted octanol–water partition coefficient (Wildman–Crippen LogP) is 3.22. The highest BCUT2D eigenvalue weighted by Crippen LogP contribution is 2.29. The van der Waals surface area contributed by atoms with E-state index in [1.54, 1.807) is 25.3 Å². The Balaban J connectivity index is 1.75. The number of hydrogen-bond acceptors (Lipinski definition) is 4. The fourth-order valence-electron chi connectivity index (χ4n) is 2.16. The van der Waals surface area contributed by atoms with Gasteiger partial charge >= 0.3 is 6.03 Å².